The first-order chi connectivity index (χ1) is 34.9. The summed E-state index contributed by atoms with van der Waals surface area (Å²) in [7, 11) is 3.10. The monoisotopic (exact) mass is 1040 g/mol. The third-order valence-corrected chi connectivity index (χ3v) is 13.3. The second-order valence-corrected chi connectivity index (χ2v) is 18.4. The van der Waals surface area contributed by atoms with Crippen LogP contribution in [0.4, 0.5) is 14.5 Å². The smallest absolute Gasteiger partial charge is 0.300 e. The van der Waals surface area contributed by atoms with E-state index in [-0.39, 0.29) is 61.4 Å². The van der Waals surface area contributed by atoms with Crippen LogP contribution in [0.1, 0.15) is 114 Å². The van der Waals surface area contributed by atoms with Crippen molar-refractivity contribution in [2.75, 3.05) is 38.8 Å². The number of rotatable bonds is 13. The lowest BCUT2D eigenvalue weighted by Gasteiger charge is -2.40. The minimum Gasteiger partial charge on any atom is -0.495 e. The number of ketones is 1. The number of likely N-dealkylation sites (tertiary alicyclic amines) is 2. The van der Waals surface area contributed by atoms with Gasteiger partial charge in [-0.3, -0.25) is 24.0 Å². The number of nitrogens with zero attached hydrogens (tertiary/aromatic N) is 7. The van der Waals surface area contributed by atoms with Crippen LogP contribution in [0.25, 0.3) is 5.69 Å². The SMILES string of the molecule is C.CC(=O)O.COc1cc(C2=NOC3(CCCN(C(C)c4ccc(F)cc4)C3=O)C2)ccc1-n1cnc(C)c1.COc1cc(C2=NOC3(CCCN(C(C)c4ccc(F)cc4)C3=O)C2)ccc1N(C=O)CC(C)=O.N. The predicted molar refractivity (Wildman–Crippen MR) is 278 cm³/mol. The number of Topliss-reactive ketones (excluding diaryl/α,β-unsaturated/α-hetero) is 1. The van der Waals surface area contributed by atoms with Gasteiger partial charge in [0.15, 0.2) is 0 Å². The molecule has 4 aliphatic rings. The number of carboxylic acids is 1. The van der Waals surface area contributed by atoms with Gasteiger partial charge < -0.3 is 49.7 Å². The van der Waals surface area contributed by atoms with Crippen molar-refractivity contribution in [3.63, 3.8) is 0 Å². The number of methoxy groups -OCH3 is 2. The van der Waals surface area contributed by atoms with E-state index in [1.165, 1.54) is 43.2 Å². The standard InChI is InChI=1S/C26H27FN4O3.C26H28FN3O5.C2H4O2.CH4.H3N/c1-17-15-30(16-28-17)23-10-7-20(13-24(23)33-3)22-14-26(34-29-22)11-4-12-31(25(26)32)18(2)19-5-8-21(27)9-6-19;1-17(32)15-29(16-31)23-10-7-20(13-24(23)34-3)22-14-26(35-28-22)11-4-12-30(25(26)33)18(2)19-5-8-21(27)9-6-19;1-2(3)4;;/h5-10,13,15-16,18H,4,11-12,14H2,1-3H3;5-10,13,16,18H,4,11-12,14-15H2,1-3H3;1H3,(H,3,4);1H4;1H3. The van der Waals surface area contributed by atoms with Crippen molar-refractivity contribution >= 4 is 47.1 Å². The van der Waals surface area contributed by atoms with E-state index in [9.17, 15) is 28.0 Å². The second-order valence-electron chi connectivity index (χ2n) is 18.4. The second kappa shape index (κ2) is 24.8. The zero-order valence-corrected chi connectivity index (χ0v) is 42.5. The average Bonchev–Trinajstić information content (AvgIpc) is 4.14. The molecule has 0 saturated carbocycles. The van der Waals surface area contributed by atoms with Gasteiger partial charge in [-0.2, -0.15) is 0 Å². The molecule has 0 aliphatic carbocycles. The Hall–Kier alpha value is -8.00. The quantitative estimate of drug-likeness (QED) is 0.105. The maximum absolute atomic E-state index is 13.6. The van der Waals surface area contributed by atoms with Crippen LogP contribution in [-0.4, -0.2) is 111 Å². The normalized spacial score (nSPS) is 19.3. The summed E-state index contributed by atoms with van der Waals surface area (Å²) in [5.41, 5.74) is 4.77. The first kappa shape index (κ1) is 57.9. The van der Waals surface area contributed by atoms with Crippen LogP contribution in [-0.2, 0) is 33.6 Å². The van der Waals surface area contributed by atoms with Crippen LogP contribution in [0, 0.1) is 18.6 Å². The third-order valence-electron chi connectivity index (χ3n) is 13.3. The molecule has 4 aliphatic heterocycles. The third kappa shape index (κ3) is 12.9. The summed E-state index contributed by atoms with van der Waals surface area (Å²) in [6.07, 6.45) is 7.66. The molecule has 5 heterocycles. The Bertz CT molecular complexity index is 2910. The van der Waals surface area contributed by atoms with Crippen LogP contribution < -0.4 is 20.5 Å². The van der Waals surface area contributed by atoms with Crippen molar-refractivity contribution in [3.05, 3.63) is 137 Å². The molecule has 5 aromatic rings. The Morgan fingerprint density at radius 2 is 1.23 bits per heavy atom. The van der Waals surface area contributed by atoms with Crippen LogP contribution in [0.3, 0.4) is 0 Å². The Balaban J connectivity index is 0.000000253. The number of anilines is 1. The van der Waals surface area contributed by atoms with Crippen molar-refractivity contribution < 1.29 is 57.0 Å². The molecule has 4 unspecified atom stereocenters. The van der Waals surface area contributed by atoms with Gasteiger partial charge >= 0.3 is 0 Å². The van der Waals surface area contributed by atoms with E-state index in [1.807, 2.05) is 54.6 Å². The number of aromatic nitrogens is 2. The van der Waals surface area contributed by atoms with Crippen molar-refractivity contribution in [1.82, 2.24) is 25.5 Å². The molecule has 0 bridgehead atoms. The average molecular weight is 1040 g/mol. The zero-order valence-electron chi connectivity index (χ0n) is 42.5. The summed E-state index contributed by atoms with van der Waals surface area (Å²) in [5.74, 6) is -0.740. The molecule has 4 N–H and O–H groups in total. The first-order valence-corrected chi connectivity index (χ1v) is 23.8. The van der Waals surface area contributed by atoms with Gasteiger partial charge in [0.1, 0.15) is 28.9 Å². The van der Waals surface area contributed by atoms with Gasteiger partial charge in [-0.25, -0.2) is 13.8 Å². The van der Waals surface area contributed by atoms with Gasteiger partial charge in [-0.15, -0.1) is 0 Å². The van der Waals surface area contributed by atoms with Gasteiger partial charge in [0.25, 0.3) is 17.8 Å². The fourth-order valence-corrected chi connectivity index (χ4v) is 9.49. The molecule has 18 nitrogen and oxygen atoms in total. The van der Waals surface area contributed by atoms with Gasteiger partial charge in [-0.05, 0) is 100 Å². The van der Waals surface area contributed by atoms with E-state index in [2.05, 4.69) is 15.3 Å². The Morgan fingerprint density at radius 1 is 0.773 bits per heavy atom. The molecule has 75 heavy (non-hydrogen) atoms. The molecule has 4 atom stereocenters. The number of imidazole rings is 1. The zero-order chi connectivity index (χ0) is 52.6. The number of aryl methyl sites for hydroxylation is 1. The minimum atomic E-state index is -1.09. The van der Waals surface area contributed by atoms with Crippen molar-refractivity contribution in [2.45, 2.75) is 104 Å². The number of ether oxygens (including phenoxy) is 2. The molecule has 9 rings (SSSR count). The molecule has 1 aromatic heterocycles. The summed E-state index contributed by atoms with van der Waals surface area (Å²) >= 11 is 0. The number of carbonyl (C=O) groups excluding carboxylic acids is 4. The topological polar surface area (TPSA) is 230 Å². The summed E-state index contributed by atoms with van der Waals surface area (Å²) in [5, 5.41) is 16.0. The molecular weight excluding hydrogens is 971 g/mol. The molecule has 2 fully saturated rings. The fraction of sp³-hybridized carbons (Fsp3) is 0.382. The predicted octanol–water partition coefficient (Wildman–Crippen LogP) is 9.10. The van der Waals surface area contributed by atoms with Gasteiger partial charge in [-0.1, -0.05) is 54.1 Å². The number of carboxylic acid groups (broad SMARTS) is 1. The molecule has 3 amide bonds. The van der Waals surface area contributed by atoms with Crippen molar-refractivity contribution in [3.8, 4) is 17.2 Å². The number of hydrogen-bond acceptors (Lipinski definition) is 13. The molecular formula is C55H66F2N8O10. The number of piperidine rings is 2. The highest BCUT2D eigenvalue weighted by Gasteiger charge is 2.53. The van der Waals surface area contributed by atoms with Crippen LogP contribution >= 0.6 is 0 Å². The molecule has 20 heteroatoms. The van der Waals surface area contributed by atoms with E-state index in [0.717, 1.165) is 53.5 Å². The summed E-state index contributed by atoms with van der Waals surface area (Å²) in [6.45, 7) is 9.45. The maximum atomic E-state index is 13.6. The van der Waals surface area contributed by atoms with Gasteiger partial charge in [0, 0.05) is 63.0 Å². The maximum Gasteiger partial charge on any atom is 0.300 e. The van der Waals surface area contributed by atoms with E-state index < -0.39 is 17.2 Å². The number of amides is 3. The lowest BCUT2D eigenvalue weighted by Crippen LogP contribution is -2.54. The first-order valence-electron chi connectivity index (χ1n) is 23.8. The molecule has 4 aromatic carbocycles. The number of oxime groups is 2. The van der Waals surface area contributed by atoms with Crippen LogP contribution in [0.15, 0.2) is 108 Å². The van der Waals surface area contributed by atoms with Crippen molar-refractivity contribution in [2.24, 2.45) is 10.3 Å². The Labute approximate surface area is 435 Å². The molecule has 2 saturated heterocycles. The highest BCUT2D eigenvalue weighted by Crippen LogP contribution is 2.42. The van der Waals surface area contributed by atoms with Gasteiger partial charge in [0.2, 0.25) is 17.6 Å². The van der Waals surface area contributed by atoms with E-state index in [1.54, 1.807) is 60.8 Å². The highest BCUT2D eigenvalue weighted by molar-refractivity contribution is 6.07. The van der Waals surface area contributed by atoms with E-state index >= 15 is 0 Å². The van der Waals surface area contributed by atoms with E-state index in [0.29, 0.717) is 73.6 Å². The minimum absolute atomic E-state index is 0. The molecule has 400 valence electrons. The summed E-state index contributed by atoms with van der Waals surface area (Å²) in [6, 6.07) is 23.0. The highest BCUT2D eigenvalue weighted by atomic mass is 19.1. The van der Waals surface area contributed by atoms with Gasteiger partial charge in [0.05, 0.1) is 67.7 Å². The van der Waals surface area contributed by atoms with Crippen LogP contribution in [0.5, 0.6) is 11.5 Å². The molecule has 0 radical (unpaired) electrons. The number of aliphatic carboxylic acids is 1. The van der Waals surface area contributed by atoms with Crippen LogP contribution in [0.2, 0.25) is 0 Å². The Kier molecular flexibility index (Phi) is 19.2. The van der Waals surface area contributed by atoms with E-state index in [4.69, 9.17) is 29.0 Å². The van der Waals surface area contributed by atoms with Crippen molar-refractivity contribution in [1.29, 1.82) is 0 Å². The number of benzene rings is 4. The largest absolute Gasteiger partial charge is 0.495 e. The number of halogens is 2. The number of carbonyl (C=O) groups is 5. The lowest BCUT2D eigenvalue weighted by atomic mass is 9.84. The fourth-order valence-electron chi connectivity index (χ4n) is 9.49. The lowest BCUT2D eigenvalue weighted by molar-refractivity contribution is -0.164. The summed E-state index contributed by atoms with van der Waals surface area (Å²) < 4.78 is 39.7. The Morgan fingerprint density at radius 3 is 1.64 bits per heavy atom. The molecule has 2 spiro atoms. The summed E-state index contributed by atoms with van der Waals surface area (Å²) in [4.78, 5) is 80.0. The number of hydrogen-bond donors (Lipinski definition) is 2.